The lowest BCUT2D eigenvalue weighted by atomic mass is 10.9. The highest BCUT2D eigenvalue weighted by Crippen LogP contribution is 2.22. The van der Waals surface area contributed by atoms with Gasteiger partial charge in [0.25, 0.3) is 0 Å². The maximum Gasteiger partial charge on any atom is 0.367 e. The van der Waals surface area contributed by atoms with Crippen LogP contribution in [0.1, 0.15) is 0 Å². The van der Waals surface area contributed by atoms with Crippen LogP contribution in [0, 0.1) is 6.92 Å². The summed E-state index contributed by atoms with van der Waals surface area (Å²) < 4.78 is 13.1. The molecule has 0 aromatic heterocycles. The third-order valence-electron chi connectivity index (χ3n) is 0.266. The van der Waals surface area contributed by atoms with Crippen LogP contribution in [0.3, 0.4) is 0 Å². The fraction of sp³-hybridized carbons (Fsp3) is 0.667. The molecule has 0 saturated carbocycles. The Labute approximate surface area is 51.4 Å². The van der Waals surface area contributed by atoms with Gasteiger partial charge in [-0.25, -0.2) is 0 Å². The molecule has 0 aliphatic rings. The molecular formula is C3H4Cl2FO. The van der Waals surface area contributed by atoms with Crippen LogP contribution in [0.4, 0.5) is 4.39 Å². The normalized spacial score (nSPS) is 12.0. The highest BCUT2D eigenvalue weighted by Gasteiger charge is 2.20. The van der Waals surface area contributed by atoms with Gasteiger partial charge in [-0.15, -0.1) is 0 Å². The summed E-state index contributed by atoms with van der Waals surface area (Å²) in [6.45, 7) is 3.06. The summed E-state index contributed by atoms with van der Waals surface area (Å²) in [6.07, 6.45) is 0. The lowest BCUT2D eigenvalue weighted by Crippen LogP contribution is -2.08. The van der Waals surface area contributed by atoms with E-state index in [-0.39, 0.29) is 6.61 Å². The van der Waals surface area contributed by atoms with Gasteiger partial charge in [0, 0.05) is 0 Å². The minimum atomic E-state index is -2.57. The van der Waals surface area contributed by atoms with Crippen molar-refractivity contribution in [1.82, 2.24) is 0 Å². The van der Waals surface area contributed by atoms with Gasteiger partial charge in [-0.1, -0.05) is 0 Å². The van der Waals surface area contributed by atoms with E-state index in [2.05, 4.69) is 34.9 Å². The zero-order valence-corrected chi connectivity index (χ0v) is 4.97. The molecule has 7 heavy (non-hydrogen) atoms. The van der Waals surface area contributed by atoms with Gasteiger partial charge in [-0.3, -0.25) is 0 Å². The number of ether oxygens (including phenoxy) is 1. The number of hydrogen-bond acceptors (Lipinski definition) is 1. The van der Waals surface area contributed by atoms with Gasteiger partial charge in [0.05, 0.1) is 6.61 Å². The molecule has 0 rings (SSSR count). The van der Waals surface area contributed by atoms with Gasteiger partial charge < -0.3 is 4.74 Å². The van der Waals surface area contributed by atoms with E-state index in [0.717, 1.165) is 0 Å². The SMILES string of the molecule is [CH2]COC(F)(Cl)Cl. The maximum atomic E-state index is 11.7. The predicted octanol–water partition coefficient (Wildman–Crippen LogP) is 1.90. The van der Waals surface area contributed by atoms with Crippen LogP contribution >= 0.6 is 23.2 Å². The first-order valence-corrected chi connectivity index (χ1v) is 2.32. The highest BCUT2D eigenvalue weighted by atomic mass is 35.5. The van der Waals surface area contributed by atoms with Crippen LogP contribution in [0.25, 0.3) is 0 Å². The van der Waals surface area contributed by atoms with E-state index in [9.17, 15) is 4.39 Å². The predicted molar refractivity (Wildman–Crippen MR) is 26.9 cm³/mol. The van der Waals surface area contributed by atoms with Gasteiger partial charge in [-0.2, -0.15) is 4.39 Å². The number of halogens is 3. The van der Waals surface area contributed by atoms with E-state index < -0.39 is 4.77 Å². The molecule has 0 aromatic carbocycles. The summed E-state index contributed by atoms with van der Waals surface area (Å²) in [7, 11) is 0. The van der Waals surface area contributed by atoms with Crippen LogP contribution in [-0.2, 0) is 4.74 Å². The van der Waals surface area contributed by atoms with Gasteiger partial charge in [-0.05, 0) is 30.1 Å². The van der Waals surface area contributed by atoms with Crippen molar-refractivity contribution < 1.29 is 9.13 Å². The second kappa shape index (κ2) is 2.70. The average Bonchev–Trinajstić information content (AvgIpc) is 1.30. The third kappa shape index (κ3) is 6.47. The van der Waals surface area contributed by atoms with Crippen LogP contribution in [0.2, 0.25) is 0 Å². The lowest BCUT2D eigenvalue weighted by molar-refractivity contribution is 0.00270. The Morgan fingerprint density at radius 3 is 2.14 bits per heavy atom. The summed E-state index contributed by atoms with van der Waals surface area (Å²) in [5.41, 5.74) is 0. The van der Waals surface area contributed by atoms with Crippen molar-refractivity contribution in [2.75, 3.05) is 6.61 Å². The molecule has 0 bridgehead atoms. The Kier molecular flexibility index (Phi) is 2.88. The molecule has 4 heteroatoms. The largest absolute Gasteiger partial charge is 0.367 e. The molecule has 0 spiro atoms. The van der Waals surface area contributed by atoms with Crippen molar-refractivity contribution in [3.05, 3.63) is 6.92 Å². The molecule has 0 heterocycles. The smallest absolute Gasteiger partial charge is 0.321 e. The van der Waals surface area contributed by atoms with Gasteiger partial charge in [0.2, 0.25) is 0 Å². The quantitative estimate of drug-likeness (QED) is 0.540. The van der Waals surface area contributed by atoms with Crippen LogP contribution in [0.5, 0.6) is 0 Å². The molecule has 0 aliphatic carbocycles. The molecule has 1 nitrogen and oxygen atoms in total. The van der Waals surface area contributed by atoms with Gasteiger partial charge in [0.1, 0.15) is 0 Å². The molecular weight excluding hydrogens is 142 g/mol. The van der Waals surface area contributed by atoms with Crippen molar-refractivity contribution in [2.45, 2.75) is 4.77 Å². The summed E-state index contributed by atoms with van der Waals surface area (Å²) >= 11 is 9.34. The van der Waals surface area contributed by atoms with Gasteiger partial charge in [0.15, 0.2) is 0 Å². The minimum Gasteiger partial charge on any atom is -0.321 e. The van der Waals surface area contributed by atoms with Crippen LogP contribution < -0.4 is 0 Å². The lowest BCUT2D eigenvalue weighted by Gasteiger charge is -2.05. The van der Waals surface area contributed by atoms with E-state index in [1.807, 2.05) is 0 Å². The first-order chi connectivity index (χ1) is 3.06. The van der Waals surface area contributed by atoms with Gasteiger partial charge >= 0.3 is 4.77 Å². The summed E-state index contributed by atoms with van der Waals surface area (Å²) in [5, 5.41) is 0. The fourth-order valence-electron chi connectivity index (χ4n) is 0.116. The second-order valence-corrected chi connectivity index (χ2v) is 1.96. The first-order valence-electron chi connectivity index (χ1n) is 1.56. The molecule has 43 valence electrons. The Bertz CT molecular complexity index is 51.4. The number of alkyl halides is 3. The second-order valence-electron chi connectivity index (χ2n) is 0.794. The van der Waals surface area contributed by atoms with E-state index in [1.54, 1.807) is 0 Å². The van der Waals surface area contributed by atoms with Crippen molar-refractivity contribution >= 4 is 23.2 Å². The first kappa shape index (κ1) is 7.47. The standard InChI is InChI=1S/C3H4Cl2FO/c1-2-7-3(4,5)6/h1-2H2. The Morgan fingerprint density at radius 1 is 1.71 bits per heavy atom. The molecule has 0 N–H and O–H groups in total. The maximum absolute atomic E-state index is 11.7. The molecule has 0 aromatic rings. The van der Waals surface area contributed by atoms with E-state index >= 15 is 0 Å². The van der Waals surface area contributed by atoms with E-state index in [1.165, 1.54) is 0 Å². The van der Waals surface area contributed by atoms with Crippen LogP contribution in [0.15, 0.2) is 0 Å². The molecule has 1 radical (unpaired) electrons. The monoisotopic (exact) mass is 145 g/mol. The van der Waals surface area contributed by atoms with Crippen LogP contribution in [-0.4, -0.2) is 11.4 Å². The molecule has 0 fully saturated rings. The average molecular weight is 146 g/mol. The number of hydrogen-bond donors (Lipinski definition) is 0. The molecule has 0 unspecified atom stereocenters. The van der Waals surface area contributed by atoms with Crippen molar-refractivity contribution in [2.24, 2.45) is 0 Å². The fourth-order valence-corrected chi connectivity index (χ4v) is 0.270. The van der Waals surface area contributed by atoms with E-state index in [4.69, 9.17) is 0 Å². The summed E-state index contributed by atoms with van der Waals surface area (Å²) in [6, 6.07) is 0. The Morgan fingerprint density at radius 2 is 2.14 bits per heavy atom. The Balaban J connectivity index is 3.15. The molecule has 0 atom stereocenters. The minimum absolute atomic E-state index is 0.0799. The topological polar surface area (TPSA) is 9.23 Å². The molecule has 0 aliphatic heterocycles. The van der Waals surface area contributed by atoms with Crippen molar-refractivity contribution in [3.8, 4) is 0 Å². The van der Waals surface area contributed by atoms with E-state index in [0.29, 0.717) is 0 Å². The third-order valence-corrected chi connectivity index (χ3v) is 0.484. The van der Waals surface area contributed by atoms with Crippen molar-refractivity contribution in [1.29, 1.82) is 0 Å². The molecule has 0 amide bonds. The van der Waals surface area contributed by atoms with Crippen molar-refractivity contribution in [3.63, 3.8) is 0 Å². The Hall–Kier alpha value is 0.470. The summed E-state index contributed by atoms with van der Waals surface area (Å²) in [5.74, 6) is 0. The number of rotatable bonds is 2. The highest BCUT2D eigenvalue weighted by molar-refractivity contribution is 6.45. The zero-order chi connectivity index (χ0) is 5.91. The summed E-state index contributed by atoms with van der Waals surface area (Å²) in [4.78, 5) is 0. The molecule has 0 saturated heterocycles. The zero-order valence-electron chi connectivity index (χ0n) is 3.46.